The van der Waals surface area contributed by atoms with Gasteiger partial charge in [-0.2, -0.15) is 4.31 Å². The number of benzene rings is 1. The smallest absolute Gasteiger partial charge is 0.243 e. The molecule has 0 unspecified atom stereocenters. The molecule has 0 saturated carbocycles. The van der Waals surface area contributed by atoms with Crippen LogP contribution in [0.25, 0.3) is 0 Å². The molecule has 1 aromatic rings. The van der Waals surface area contributed by atoms with Crippen molar-refractivity contribution in [1.82, 2.24) is 4.31 Å². The fraction of sp³-hybridized carbons (Fsp3) is 0.500. The number of hydrogen-bond acceptors (Lipinski definition) is 3. The second-order valence-electron chi connectivity index (χ2n) is 5.12. The van der Waals surface area contributed by atoms with Crippen LogP contribution in [-0.2, 0) is 21.2 Å². The molecule has 0 bridgehead atoms. The maximum atomic E-state index is 12.5. The highest BCUT2D eigenvalue weighted by Gasteiger charge is 2.25. The van der Waals surface area contributed by atoms with Gasteiger partial charge in [0.2, 0.25) is 10.0 Å². The normalized spacial score (nSPS) is 17.4. The molecule has 1 fully saturated rings. The molecule has 1 aromatic carbocycles. The third kappa shape index (κ3) is 4.40. The number of nitrogens with zero attached hydrogens (tertiary/aromatic N) is 1. The second-order valence-corrected chi connectivity index (χ2v) is 7.06. The number of ether oxygens (including phenoxy) is 1. The van der Waals surface area contributed by atoms with Gasteiger partial charge in [0.05, 0.1) is 18.1 Å². The van der Waals surface area contributed by atoms with Gasteiger partial charge < -0.3 is 4.74 Å². The van der Waals surface area contributed by atoms with Crippen LogP contribution < -0.4 is 0 Å². The summed E-state index contributed by atoms with van der Waals surface area (Å²) in [5, 5.41) is 0. The molecule has 5 heteroatoms. The highest BCUT2D eigenvalue weighted by atomic mass is 32.2. The van der Waals surface area contributed by atoms with Gasteiger partial charge in [-0.25, -0.2) is 8.42 Å². The van der Waals surface area contributed by atoms with Crippen molar-refractivity contribution in [3.05, 3.63) is 42.0 Å². The molecular weight excluding hydrogens is 286 g/mol. The molecule has 4 nitrogen and oxygen atoms in total. The van der Waals surface area contributed by atoms with E-state index in [0.29, 0.717) is 31.2 Å². The molecule has 0 radical (unpaired) electrons. The predicted octanol–water partition coefficient (Wildman–Crippen LogP) is 2.61. The SMILES string of the molecule is CCC/C=C/Cc1ccc(S(=O)(=O)N2CCOCC2)cc1. The van der Waals surface area contributed by atoms with Gasteiger partial charge in [0.15, 0.2) is 0 Å². The van der Waals surface area contributed by atoms with Crippen molar-refractivity contribution >= 4 is 10.0 Å². The highest BCUT2D eigenvalue weighted by Crippen LogP contribution is 2.18. The Hall–Kier alpha value is -1.17. The fourth-order valence-corrected chi connectivity index (χ4v) is 3.65. The number of hydrogen-bond donors (Lipinski definition) is 0. The van der Waals surface area contributed by atoms with Crippen LogP contribution >= 0.6 is 0 Å². The van der Waals surface area contributed by atoms with Crippen LogP contribution in [0.1, 0.15) is 25.3 Å². The lowest BCUT2D eigenvalue weighted by molar-refractivity contribution is 0.0730. The molecule has 0 aliphatic carbocycles. The molecule has 21 heavy (non-hydrogen) atoms. The van der Waals surface area contributed by atoms with Crippen LogP contribution in [0.3, 0.4) is 0 Å². The van der Waals surface area contributed by atoms with Gasteiger partial charge in [-0.1, -0.05) is 37.6 Å². The summed E-state index contributed by atoms with van der Waals surface area (Å²) in [7, 11) is -3.37. The monoisotopic (exact) mass is 309 g/mol. The first-order valence-electron chi connectivity index (χ1n) is 7.46. The lowest BCUT2D eigenvalue weighted by atomic mass is 10.1. The number of rotatable bonds is 6. The molecular formula is C16H23NO3S. The van der Waals surface area contributed by atoms with Crippen LogP contribution in [0, 0.1) is 0 Å². The summed E-state index contributed by atoms with van der Waals surface area (Å²) in [6, 6.07) is 7.19. The first kappa shape index (κ1) is 16.2. The lowest BCUT2D eigenvalue weighted by Gasteiger charge is -2.26. The van der Waals surface area contributed by atoms with E-state index in [2.05, 4.69) is 19.1 Å². The van der Waals surface area contributed by atoms with E-state index in [0.717, 1.165) is 24.8 Å². The molecule has 2 rings (SSSR count). The number of allylic oxidation sites excluding steroid dienone is 2. The van der Waals surface area contributed by atoms with Crippen molar-refractivity contribution < 1.29 is 13.2 Å². The molecule has 1 saturated heterocycles. The van der Waals surface area contributed by atoms with E-state index in [9.17, 15) is 8.42 Å². The number of unbranched alkanes of at least 4 members (excludes halogenated alkanes) is 1. The Bertz CT molecular complexity index is 558. The molecule has 0 atom stereocenters. The quantitative estimate of drug-likeness (QED) is 0.759. The molecule has 0 amide bonds. The van der Waals surface area contributed by atoms with E-state index in [4.69, 9.17) is 4.74 Å². The van der Waals surface area contributed by atoms with E-state index in [1.54, 1.807) is 12.1 Å². The fourth-order valence-electron chi connectivity index (χ4n) is 2.24. The third-order valence-electron chi connectivity index (χ3n) is 3.51. The van der Waals surface area contributed by atoms with Crippen LogP contribution in [0.4, 0.5) is 0 Å². The van der Waals surface area contributed by atoms with Crippen LogP contribution in [0.15, 0.2) is 41.3 Å². The van der Waals surface area contributed by atoms with Gasteiger partial charge in [-0.3, -0.25) is 0 Å². The maximum Gasteiger partial charge on any atom is 0.243 e. The summed E-state index contributed by atoms with van der Waals surface area (Å²) in [5.74, 6) is 0. The first-order valence-corrected chi connectivity index (χ1v) is 8.90. The summed E-state index contributed by atoms with van der Waals surface area (Å²) < 4.78 is 31.6. The average molecular weight is 309 g/mol. The molecule has 0 aromatic heterocycles. The molecule has 116 valence electrons. The molecule has 0 spiro atoms. The van der Waals surface area contributed by atoms with Crippen molar-refractivity contribution in [2.75, 3.05) is 26.3 Å². The van der Waals surface area contributed by atoms with Crippen molar-refractivity contribution in [3.8, 4) is 0 Å². The van der Waals surface area contributed by atoms with E-state index < -0.39 is 10.0 Å². The van der Waals surface area contributed by atoms with E-state index in [1.807, 2.05) is 12.1 Å². The Labute approximate surface area is 127 Å². The molecule has 1 heterocycles. The summed E-state index contributed by atoms with van der Waals surface area (Å²) in [6.45, 7) is 3.96. The molecule has 1 aliphatic heterocycles. The Morgan fingerprint density at radius 3 is 2.43 bits per heavy atom. The minimum absolute atomic E-state index is 0.366. The Morgan fingerprint density at radius 2 is 1.81 bits per heavy atom. The third-order valence-corrected chi connectivity index (χ3v) is 5.42. The summed E-state index contributed by atoms with van der Waals surface area (Å²) in [4.78, 5) is 0.366. The van der Waals surface area contributed by atoms with Crippen LogP contribution in [0.2, 0.25) is 0 Å². The standard InChI is InChI=1S/C16H23NO3S/c1-2-3-4-5-6-15-7-9-16(10-8-15)21(18,19)17-11-13-20-14-12-17/h4-5,7-10H,2-3,6,11-14H2,1H3/b5-4+. The van der Waals surface area contributed by atoms with Crippen LogP contribution in [0.5, 0.6) is 0 Å². The Morgan fingerprint density at radius 1 is 1.14 bits per heavy atom. The van der Waals surface area contributed by atoms with E-state index >= 15 is 0 Å². The Balaban J connectivity index is 2.03. The zero-order chi connectivity index (χ0) is 15.1. The van der Waals surface area contributed by atoms with Crippen LogP contribution in [-0.4, -0.2) is 39.0 Å². The van der Waals surface area contributed by atoms with Crippen molar-refractivity contribution in [2.24, 2.45) is 0 Å². The summed E-state index contributed by atoms with van der Waals surface area (Å²) in [5.41, 5.74) is 1.13. The zero-order valence-electron chi connectivity index (χ0n) is 12.5. The van der Waals surface area contributed by atoms with Gasteiger partial charge in [0.25, 0.3) is 0 Å². The van der Waals surface area contributed by atoms with Gasteiger partial charge in [0.1, 0.15) is 0 Å². The van der Waals surface area contributed by atoms with Gasteiger partial charge in [-0.05, 0) is 30.5 Å². The average Bonchev–Trinajstić information content (AvgIpc) is 2.53. The van der Waals surface area contributed by atoms with Crippen molar-refractivity contribution in [3.63, 3.8) is 0 Å². The summed E-state index contributed by atoms with van der Waals surface area (Å²) in [6.07, 6.45) is 7.38. The number of sulfonamides is 1. The zero-order valence-corrected chi connectivity index (χ0v) is 13.3. The van der Waals surface area contributed by atoms with Crippen molar-refractivity contribution in [1.29, 1.82) is 0 Å². The Kier molecular flexibility index (Phi) is 5.96. The lowest BCUT2D eigenvalue weighted by Crippen LogP contribution is -2.40. The van der Waals surface area contributed by atoms with E-state index in [1.165, 1.54) is 4.31 Å². The van der Waals surface area contributed by atoms with Gasteiger partial charge >= 0.3 is 0 Å². The largest absolute Gasteiger partial charge is 0.379 e. The minimum atomic E-state index is -3.37. The minimum Gasteiger partial charge on any atom is -0.379 e. The summed E-state index contributed by atoms with van der Waals surface area (Å²) >= 11 is 0. The predicted molar refractivity (Wildman–Crippen MR) is 83.8 cm³/mol. The van der Waals surface area contributed by atoms with Gasteiger partial charge in [0, 0.05) is 13.1 Å². The van der Waals surface area contributed by atoms with Crippen molar-refractivity contribution in [2.45, 2.75) is 31.1 Å². The first-order chi connectivity index (χ1) is 10.1. The second kappa shape index (κ2) is 7.73. The number of morpholine rings is 1. The van der Waals surface area contributed by atoms with E-state index in [-0.39, 0.29) is 0 Å². The maximum absolute atomic E-state index is 12.5. The molecule has 0 N–H and O–H groups in total. The topological polar surface area (TPSA) is 46.6 Å². The molecule has 1 aliphatic rings. The highest BCUT2D eigenvalue weighted by molar-refractivity contribution is 7.89. The van der Waals surface area contributed by atoms with Gasteiger partial charge in [-0.15, -0.1) is 0 Å².